The van der Waals surface area contributed by atoms with Crippen molar-refractivity contribution in [3.05, 3.63) is 88.9 Å². The number of imidazole rings is 1. The topological polar surface area (TPSA) is 87.1 Å². The number of hydrogen-bond donors (Lipinski definition) is 1. The SMILES string of the molecule is Clc1ccc(C2(Cc3ncc[nH]3)OCC(COc3ccccc3-n3cncn3)O2)c(Cl)c1. The van der Waals surface area contributed by atoms with Crippen LogP contribution in [-0.2, 0) is 21.7 Å². The fourth-order valence-electron chi connectivity index (χ4n) is 3.67. The first-order valence-electron chi connectivity index (χ1n) is 9.95. The van der Waals surface area contributed by atoms with Crippen LogP contribution < -0.4 is 4.74 Å². The van der Waals surface area contributed by atoms with Gasteiger partial charge in [-0.2, -0.15) is 5.10 Å². The Bertz CT molecular complexity index is 1190. The van der Waals surface area contributed by atoms with Crippen molar-refractivity contribution >= 4 is 23.2 Å². The summed E-state index contributed by atoms with van der Waals surface area (Å²) < 4.78 is 20.4. The van der Waals surface area contributed by atoms with Crippen molar-refractivity contribution in [3.63, 3.8) is 0 Å². The molecule has 0 amide bonds. The van der Waals surface area contributed by atoms with Gasteiger partial charge in [0, 0.05) is 23.0 Å². The van der Waals surface area contributed by atoms with Gasteiger partial charge in [-0.1, -0.05) is 41.4 Å². The minimum absolute atomic E-state index is 0.275. The first-order valence-corrected chi connectivity index (χ1v) is 10.7. The summed E-state index contributed by atoms with van der Waals surface area (Å²) in [5, 5.41) is 5.18. The molecule has 0 aliphatic carbocycles. The number of nitrogens with one attached hydrogen (secondary N) is 1. The number of H-pyrrole nitrogens is 1. The minimum atomic E-state index is -1.11. The maximum atomic E-state index is 6.52. The fraction of sp³-hybridized carbons (Fsp3) is 0.227. The lowest BCUT2D eigenvalue weighted by atomic mass is 10.0. The number of hydrogen-bond acceptors (Lipinski definition) is 6. The Hall–Kier alpha value is -2.91. The molecular weight excluding hydrogens is 453 g/mol. The molecule has 1 aliphatic rings. The Labute approximate surface area is 194 Å². The molecule has 32 heavy (non-hydrogen) atoms. The van der Waals surface area contributed by atoms with Crippen LogP contribution in [0.5, 0.6) is 5.75 Å². The summed E-state index contributed by atoms with van der Waals surface area (Å²) in [6, 6.07) is 12.8. The quantitative estimate of drug-likeness (QED) is 0.434. The van der Waals surface area contributed by atoms with E-state index in [1.54, 1.807) is 35.5 Å². The van der Waals surface area contributed by atoms with Crippen LogP contribution in [0, 0.1) is 0 Å². The van der Waals surface area contributed by atoms with Crippen LogP contribution in [-0.4, -0.2) is 44.1 Å². The van der Waals surface area contributed by atoms with Gasteiger partial charge in [0.05, 0.1) is 18.1 Å². The van der Waals surface area contributed by atoms with Gasteiger partial charge in [0.25, 0.3) is 0 Å². The summed E-state index contributed by atoms with van der Waals surface area (Å²) in [4.78, 5) is 11.4. The highest BCUT2D eigenvalue weighted by Crippen LogP contribution is 2.41. The summed E-state index contributed by atoms with van der Waals surface area (Å²) in [6.07, 6.45) is 6.55. The number of rotatable bonds is 7. The van der Waals surface area contributed by atoms with Crippen molar-refractivity contribution in [2.75, 3.05) is 13.2 Å². The molecule has 0 bridgehead atoms. The lowest BCUT2D eigenvalue weighted by Crippen LogP contribution is -2.33. The van der Waals surface area contributed by atoms with Crippen molar-refractivity contribution in [3.8, 4) is 11.4 Å². The molecule has 5 rings (SSSR count). The molecule has 2 aromatic carbocycles. The largest absolute Gasteiger partial charge is 0.489 e. The van der Waals surface area contributed by atoms with E-state index in [2.05, 4.69) is 20.1 Å². The Kier molecular flexibility index (Phi) is 5.84. The van der Waals surface area contributed by atoms with Gasteiger partial charge < -0.3 is 19.2 Å². The van der Waals surface area contributed by atoms with Crippen molar-refractivity contribution in [2.45, 2.75) is 18.3 Å². The third-order valence-electron chi connectivity index (χ3n) is 5.11. The molecule has 0 radical (unpaired) electrons. The summed E-state index contributed by atoms with van der Waals surface area (Å²) in [5.41, 5.74) is 1.47. The van der Waals surface area contributed by atoms with Gasteiger partial charge in [-0.3, -0.25) is 0 Å². The molecular formula is C22H19Cl2N5O3. The van der Waals surface area contributed by atoms with E-state index >= 15 is 0 Å². The van der Waals surface area contributed by atoms with Crippen LogP contribution in [0.4, 0.5) is 0 Å². The Morgan fingerprint density at radius 2 is 2.12 bits per heavy atom. The lowest BCUT2D eigenvalue weighted by molar-refractivity contribution is -0.179. The van der Waals surface area contributed by atoms with E-state index in [-0.39, 0.29) is 12.7 Å². The van der Waals surface area contributed by atoms with Crippen LogP contribution in [0.3, 0.4) is 0 Å². The van der Waals surface area contributed by atoms with Crippen molar-refractivity contribution in [1.29, 1.82) is 0 Å². The first-order chi connectivity index (χ1) is 15.6. The van der Waals surface area contributed by atoms with Gasteiger partial charge in [0.2, 0.25) is 5.79 Å². The molecule has 0 spiro atoms. The predicted molar refractivity (Wildman–Crippen MR) is 118 cm³/mol. The van der Waals surface area contributed by atoms with Crippen LogP contribution in [0.25, 0.3) is 5.69 Å². The highest BCUT2D eigenvalue weighted by atomic mass is 35.5. The van der Waals surface area contributed by atoms with Crippen LogP contribution in [0.2, 0.25) is 10.0 Å². The molecule has 1 saturated heterocycles. The molecule has 2 unspecified atom stereocenters. The highest BCUT2D eigenvalue weighted by Gasteiger charge is 2.45. The van der Waals surface area contributed by atoms with Crippen molar-refractivity contribution < 1.29 is 14.2 Å². The maximum Gasteiger partial charge on any atom is 0.204 e. The zero-order chi connectivity index (χ0) is 22.0. The molecule has 164 valence electrons. The van der Waals surface area contributed by atoms with Gasteiger partial charge in [0.1, 0.15) is 42.6 Å². The molecule has 1 N–H and O–H groups in total. The maximum absolute atomic E-state index is 6.52. The van der Waals surface area contributed by atoms with E-state index in [1.807, 2.05) is 30.3 Å². The van der Waals surface area contributed by atoms with Crippen LogP contribution in [0.1, 0.15) is 11.4 Å². The second kappa shape index (κ2) is 8.91. The number of para-hydroxylation sites is 2. The highest BCUT2D eigenvalue weighted by molar-refractivity contribution is 6.35. The molecule has 1 fully saturated rings. The van der Waals surface area contributed by atoms with Crippen molar-refractivity contribution in [1.82, 2.24) is 24.7 Å². The van der Waals surface area contributed by atoms with E-state index in [9.17, 15) is 0 Å². The fourth-order valence-corrected chi connectivity index (χ4v) is 4.23. The molecule has 2 atom stereocenters. The molecule has 3 heterocycles. The molecule has 0 saturated carbocycles. The van der Waals surface area contributed by atoms with E-state index in [1.165, 1.54) is 6.33 Å². The van der Waals surface area contributed by atoms with E-state index in [0.29, 0.717) is 40.2 Å². The second-order valence-electron chi connectivity index (χ2n) is 7.26. The molecule has 4 aromatic rings. The number of ether oxygens (including phenoxy) is 3. The first kappa shape index (κ1) is 21.0. The lowest BCUT2D eigenvalue weighted by Gasteiger charge is -2.29. The average Bonchev–Trinajstić information content (AvgIpc) is 3.56. The normalized spacial score (nSPS) is 20.5. The van der Waals surface area contributed by atoms with Gasteiger partial charge in [0.15, 0.2) is 0 Å². The Balaban J connectivity index is 1.37. The van der Waals surface area contributed by atoms with Gasteiger partial charge >= 0.3 is 0 Å². The summed E-state index contributed by atoms with van der Waals surface area (Å²) >= 11 is 12.6. The molecule has 8 nitrogen and oxygen atoms in total. The standard InChI is InChI=1S/C22H19Cl2N5O3/c23-15-5-6-17(18(24)9-15)22(10-21-26-7-8-27-21)31-12-16(32-22)11-30-20-4-2-1-3-19(20)29-14-25-13-28-29/h1-9,13-14,16H,10-12H2,(H,26,27). The monoisotopic (exact) mass is 471 g/mol. The smallest absolute Gasteiger partial charge is 0.204 e. The molecule has 1 aliphatic heterocycles. The number of benzene rings is 2. The zero-order valence-corrected chi connectivity index (χ0v) is 18.3. The second-order valence-corrected chi connectivity index (χ2v) is 8.10. The molecule has 2 aromatic heterocycles. The number of nitrogens with zero attached hydrogens (tertiary/aromatic N) is 4. The zero-order valence-electron chi connectivity index (χ0n) is 16.8. The summed E-state index contributed by atoms with van der Waals surface area (Å²) in [6.45, 7) is 0.599. The third kappa shape index (κ3) is 4.22. The van der Waals surface area contributed by atoms with E-state index in [0.717, 1.165) is 5.69 Å². The number of aromatic amines is 1. The third-order valence-corrected chi connectivity index (χ3v) is 5.66. The average molecular weight is 472 g/mol. The predicted octanol–water partition coefficient (Wildman–Crippen LogP) is 4.19. The van der Waals surface area contributed by atoms with Gasteiger partial charge in [-0.25, -0.2) is 14.6 Å². The molecule has 10 heteroatoms. The van der Waals surface area contributed by atoms with Crippen LogP contribution >= 0.6 is 23.2 Å². The number of halogens is 2. The van der Waals surface area contributed by atoms with Gasteiger partial charge in [-0.15, -0.1) is 0 Å². The Morgan fingerprint density at radius 3 is 2.91 bits per heavy atom. The summed E-state index contributed by atoms with van der Waals surface area (Å²) in [5.74, 6) is 0.266. The van der Waals surface area contributed by atoms with Gasteiger partial charge in [-0.05, 0) is 24.3 Å². The minimum Gasteiger partial charge on any atom is -0.489 e. The van der Waals surface area contributed by atoms with E-state index < -0.39 is 5.79 Å². The van der Waals surface area contributed by atoms with Crippen molar-refractivity contribution in [2.24, 2.45) is 0 Å². The Morgan fingerprint density at radius 1 is 1.22 bits per heavy atom. The van der Waals surface area contributed by atoms with Crippen LogP contribution in [0.15, 0.2) is 67.5 Å². The summed E-state index contributed by atoms with van der Waals surface area (Å²) in [7, 11) is 0. The van der Waals surface area contributed by atoms with E-state index in [4.69, 9.17) is 37.4 Å². The number of aromatic nitrogens is 5.